The second-order valence-electron chi connectivity index (χ2n) is 4.69. The van der Waals surface area contributed by atoms with Gasteiger partial charge in [-0.3, -0.25) is 4.79 Å². The Morgan fingerprint density at radius 2 is 2.06 bits per heavy atom. The molecule has 4 heteroatoms. The summed E-state index contributed by atoms with van der Waals surface area (Å²) < 4.78 is 10.2. The van der Waals surface area contributed by atoms with Crippen molar-refractivity contribution in [3.63, 3.8) is 0 Å². The molecule has 1 saturated carbocycles. The van der Waals surface area contributed by atoms with E-state index in [1.54, 1.807) is 7.11 Å². The molecule has 1 aliphatic carbocycles. The predicted molar refractivity (Wildman–Crippen MR) is 68.8 cm³/mol. The van der Waals surface area contributed by atoms with E-state index in [0.29, 0.717) is 6.54 Å². The highest BCUT2D eigenvalue weighted by Gasteiger charge is 2.46. The normalized spacial score (nSPS) is 16.1. The Morgan fingerprint density at radius 1 is 1.33 bits per heavy atom. The number of nitrogens with one attached hydrogen (secondary N) is 1. The third kappa shape index (κ3) is 2.64. The van der Waals surface area contributed by atoms with E-state index < -0.39 is 0 Å². The van der Waals surface area contributed by atoms with Crippen LogP contribution in [-0.2, 0) is 14.9 Å². The van der Waals surface area contributed by atoms with Crippen LogP contribution in [0.25, 0.3) is 0 Å². The summed E-state index contributed by atoms with van der Waals surface area (Å²) in [5, 5.41) is 2.92. The minimum absolute atomic E-state index is 0.0516. The Morgan fingerprint density at radius 3 is 2.67 bits per heavy atom. The van der Waals surface area contributed by atoms with Gasteiger partial charge in [0.15, 0.2) is 0 Å². The number of rotatable bonds is 6. The number of methoxy groups -OCH3 is 2. The summed E-state index contributed by atoms with van der Waals surface area (Å²) in [5.74, 6) is 0.828. The van der Waals surface area contributed by atoms with E-state index in [-0.39, 0.29) is 17.9 Å². The van der Waals surface area contributed by atoms with Gasteiger partial charge >= 0.3 is 0 Å². The van der Waals surface area contributed by atoms with E-state index in [1.165, 1.54) is 12.7 Å². The van der Waals surface area contributed by atoms with Crippen LogP contribution in [0.3, 0.4) is 0 Å². The lowest BCUT2D eigenvalue weighted by Gasteiger charge is -2.19. The fourth-order valence-corrected chi connectivity index (χ4v) is 2.22. The van der Waals surface area contributed by atoms with Crippen molar-refractivity contribution in [2.45, 2.75) is 18.3 Å². The van der Waals surface area contributed by atoms with Crippen molar-refractivity contribution in [3.8, 4) is 5.75 Å². The summed E-state index contributed by atoms with van der Waals surface area (Å²) in [6, 6.07) is 8.01. The first-order valence-electron chi connectivity index (χ1n) is 6.11. The van der Waals surface area contributed by atoms with Gasteiger partial charge in [-0.15, -0.1) is 0 Å². The molecule has 1 amide bonds. The van der Waals surface area contributed by atoms with Crippen molar-refractivity contribution in [2.24, 2.45) is 0 Å². The minimum atomic E-state index is -0.0707. The second kappa shape index (κ2) is 5.40. The minimum Gasteiger partial charge on any atom is -0.496 e. The summed E-state index contributed by atoms with van der Waals surface area (Å²) in [7, 11) is 3.20. The molecule has 0 bridgehead atoms. The molecule has 1 aromatic carbocycles. The molecule has 18 heavy (non-hydrogen) atoms. The van der Waals surface area contributed by atoms with Crippen LogP contribution in [0.5, 0.6) is 5.75 Å². The summed E-state index contributed by atoms with van der Waals surface area (Å²) in [4.78, 5) is 11.4. The summed E-state index contributed by atoms with van der Waals surface area (Å²) in [5.41, 5.74) is 1.24. The average Bonchev–Trinajstić information content (AvgIpc) is 3.18. The van der Waals surface area contributed by atoms with Crippen molar-refractivity contribution in [2.75, 3.05) is 27.4 Å². The molecule has 2 rings (SSSR count). The molecule has 98 valence electrons. The average molecular weight is 249 g/mol. The lowest BCUT2D eigenvalue weighted by molar-refractivity contribution is -0.124. The first-order chi connectivity index (χ1) is 8.72. The van der Waals surface area contributed by atoms with Crippen LogP contribution in [0.2, 0.25) is 0 Å². The van der Waals surface area contributed by atoms with Crippen LogP contribution >= 0.6 is 0 Å². The molecule has 0 saturated heterocycles. The van der Waals surface area contributed by atoms with Gasteiger partial charge in [-0.2, -0.15) is 0 Å². The highest BCUT2D eigenvalue weighted by Crippen LogP contribution is 2.50. The molecular formula is C14H19NO3. The Labute approximate surface area is 107 Å². The summed E-state index contributed by atoms with van der Waals surface area (Å²) in [6.07, 6.45) is 2.17. The molecule has 0 aliphatic heterocycles. The van der Waals surface area contributed by atoms with Crippen LogP contribution < -0.4 is 10.1 Å². The van der Waals surface area contributed by atoms with Crippen LogP contribution in [0, 0.1) is 0 Å². The van der Waals surface area contributed by atoms with Gasteiger partial charge < -0.3 is 14.8 Å². The van der Waals surface area contributed by atoms with E-state index in [9.17, 15) is 4.79 Å². The van der Waals surface area contributed by atoms with Gasteiger partial charge in [-0.25, -0.2) is 0 Å². The quantitative estimate of drug-likeness (QED) is 0.831. The number of hydrogen-bond acceptors (Lipinski definition) is 3. The molecule has 1 aliphatic rings. The molecule has 1 N–H and O–H groups in total. The first-order valence-corrected chi connectivity index (χ1v) is 6.11. The standard InChI is InChI=1S/C14H19NO3/c1-17-9-13(16)15-10-14(7-8-14)11-5-3-4-6-12(11)18-2/h3-6H,7-10H2,1-2H3,(H,15,16). The third-order valence-electron chi connectivity index (χ3n) is 3.43. The number of carbonyl (C=O) groups excluding carboxylic acids is 1. The fraction of sp³-hybridized carbons (Fsp3) is 0.500. The highest BCUT2D eigenvalue weighted by molar-refractivity contribution is 5.77. The molecule has 0 unspecified atom stereocenters. The maximum atomic E-state index is 11.4. The summed E-state index contributed by atoms with van der Waals surface area (Å²) in [6.45, 7) is 0.761. The second-order valence-corrected chi connectivity index (χ2v) is 4.69. The number of benzene rings is 1. The van der Waals surface area contributed by atoms with Gasteiger partial charge in [0.25, 0.3) is 0 Å². The van der Waals surface area contributed by atoms with Crippen molar-refractivity contribution in [1.29, 1.82) is 0 Å². The predicted octanol–water partition coefficient (Wildman–Crippen LogP) is 1.49. The number of carbonyl (C=O) groups is 1. The maximum absolute atomic E-state index is 11.4. The molecule has 1 fully saturated rings. The Bertz CT molecular complexity index is 427. The smallest absolute Gasteiger partial charge is 0.246 e. The molecule has 1 aromatic rings. The Kier molecular flexibility index (Phi) is 3.87. The van der Waals surface area contributed by atoms with Crippen molar-refractivity contribution < 1.29 is 14.3 Å². The molecule has 0 heterocycles. The number of ether oxygens (including phenoxy) is 2. The molecule has 0 radical (unpaired) electrons. The SMILES string of the molecule is COCC(=O)NCC1(c2ccccc2OC)CC1. The van der Waals surface area contributed by atoms with Gasteiger partial charge in [-0.1, -0.05) is 18.2 Å². The number of para-hydroxylation sites is 1. The van der Waals surface area contributed by atoms with E-state index in [2.05, 4.69) is 11.4 Å². The van der Waals surface area contributed by atoms with Crippen molar-refractivity contribution in [3.05, 3.63) is 29.8 Å². The van der Waals surface area contributed by atoms with Crippen molar-refractivity contribution >= 4 is 5.91 Å². The number of amides is 1. The van der Waals surface area contributed by atoms with Crippen LogP contribution in [0.15, 0.2) is 24.3 Å². The zero-order valence-electron chi connectivity index (χ0n) is 10.9. The number of hydrogen-bond donors (Lipinski definition) is 1. The van der Waals surface area contributed by atoms with E-state index in [0.717, 1.165) is 18.6 Å². The van der Waals surface area contributed by atoms with Crippen LogP contribution in [-0.4, -0.2) is 33.3 Å². The van der Waals surface area contributed by atoms with Crippen LogP contribution in [0.4, 0.5) is 0 Å². The lowest BCUT2D eigenvalue weighted by Crippen LogP contribution is -2.34. The highest BCUT2D eigenvalue weighted by atomic mass is 16.5. The molecular weight excluding hydrogens is 230 g/mol. The zero-order chi connectivity index (χ0) is 13.0. The molecule has 0 atom stereocenters. The van der Waals surface area contributed by atoms with Gasteiger partial charge in [0, 0.05) is 24.6 Å². The van der Waals surface area contributed by atoms with Crippen molar-refractivity contribution in [1.82, 2.24) is 5.32 Å². The maximum Gasteiger partial charge on any atom is 0.246 e. The first kappa shape index (κ1) is 12.9. The van der Waals surface area contributed by atoms with E-state index in [4.69, 9.17) is 9.47 Å². The third-order valence-corrected chi connectivity index (χ3v) is 3.43. The van der Waals surface area contributed by atoms with Crippen LogP contribution in [0.1, 0.15) is 18.4 Å². The monoisotopic (exact) mass is 249 g/mol. The Hall–Kier alpha value is -1.55. The zero-order valence-corrected chi connectivity index (χ0v) is 10.9. The fourth-order valence-electron chi connectivity index (χ4n) is 2.22. The van der Waals surface area contributed by atoms with Gasteiger partial charge in [0.05, 0.1) is 7.11 Å². The summed E-state index contributed by atoms with van der Waals surface area (Å²) >= 11 is 0. The van der Waals surface area contributed by atoms with Gasteiger partial charge in [0.1, 0.15) is 12.4 Å². The van der Waals surface area contributed by atoms with E-state index >= 15 is 0 Å². The largest absolute Gasteiger partial charge is 0.496 e. The molecule has 4 nitrogen and oxygen atoms in total. The molecule has 0 spiro atoms. The van der Waals surface area contributed by atoms with Gasteiger partial charge in [-0.05, 0) is 18.9 Å². The molecule has 0 aromatic heterocycles. The topological polar surface area (TPSA) is 47.6 Å². The van der Waals surface area contributed by atoms with E-state index in [1.807, 2.05) is 18.2 Å². The van der Waals surface area contributed by atoms with Gasteiger partial charge in [0.2, 0.25) is 5.91 Å². The Balaban J connectivity index is 2.05. The lowest BCUT2D eigenvalue weighted by atomic mass is 9.95.